The summed E-state index contributed by atoms with van der Waals surface area (Å²) in [5.41, 5.74) is 9.35. The van der Waals surface area contributed by atoms with E-state index in [9.17, 15) is 5.11 Å². The van der Waals surface area contributed by atoms with Gasteiger partial charge in [0.2, 0.25) is 0 Å². The lowest BCUT2D eigenvalue weighted by Gasteiger charge is -2.18. The number of rotatable bonds is 5. The lowest BCUT2D eigenvalue weighted by molar-refractivity contribution is 0.287. The van der Waals surface area contributed by atoms with Crippen LogP contribution in [0.25, 0.3) is 22.2 Å². The van der Waals surface area contributed by atoms with E-state index in [4.69, 9.17) is 15.6 Å². The number of phenolic OH excluding ortho intramolecular Hbond substituents is 1. The molecule has 0 unspecified atom stereocenters. The molecule has 2 aromatic carbocycles. The van der Waals surface area contributed by atoms with E-state index in [1.165, 1.54) is 0 Å². The van der Waals surface area contributed by atoms with Crippen LogP contribution >= 0.6 is 0 Å². The number of fused-ring (bicyclic) bond motifs is 2. The molecule has 2 heterocycles. The van der Waals surface area contributed by atoms with Crippen molar-refractivity contribution in [1.29, 1.82) is 0 Å². The predicted molar refractivity (Wildman–Crippen MR) is 99.1 cm³/mol. The first-order valence-corrected chi connectivity index (χ1v) is 8.65. The summed E-state index contributed by atoms with van der Waals surface area (Å²) in [7, 11) is 0. The molecule has 0 saturated carbocycles. The molecule has 3 aromatic rings. The first kappa shape index (κ1) is 15.8. The topological polar surface area (TPSA) is 76.5 Å². The van der Waals surface area contributed by atoms with E-state index in [0.29, 0.717) is 17.2 Å². The average molecular weight is 338 g/mol. The third-order valence-corrected chi connectivity index (χ3v) is 4.85. The summed E-state index contributed by atoms with van der Waals surface area (Å²) in [5, 5.41) is 15.6. The first-order valence-electron chi connectivity index (χ1n) is 8.65. The normalized spacial score (nSPS) is 12.4. The molecule has 0 atom stereocenters. The number of aromatic nitrogens is 2. The monoisotopic (exact) mass is 338 g/mol. The first-order chi connectivity index (χ1) is 12.1. The second-order valence-electron chi connectivity index (χ2n) is 6.26. The number of ether oxygens (including phenoxy) is 1. The van der Waals surface area contributed by atoms with E-state index in [2.05, 4.69) is 18.7 Å². The quantitative estimate of drug-likeness (QED) is 0.545. The second-order valence-corrected chi connectivity index (χ2v) is 6.26. The number of aromatic hydroxyl groups is 1. The standard InChI is InChI=1S/C19H22N4O2/c1-3-22(4-2)9-10-23-15-7-6-14(20)19-17(15)18(21-23)13-11-12(24)5-8-16(13)25-19/h5-8,11,24H,3-4,9-10,20H2,1-2H3. The lowest BCUT2D eigenvalue weighted by atomic mass is 10.0. The van der Waals surface area contributed by atoms with Crippen LogP contribution in [0.1, 0.15) is 13.8 Å². The van der Waals surface area contributed by atoms with Gasteiger partial charge in [-0.2, -0.15) is 5.10 Å². The Hall–Kier alpha value is -2.73. The third kappa shape index (κ3) is 2.49. The van der Waals surface area contributed by atoms with Gasteiger partial charge in [-0.1, -0.05) is 13.8 Å². The van der Waals surface area contributed by atoms with Gasteiger partial charge in [-0.05, 0) is 43.4 Å². The molecule has 3 N–H and O–H groups in total. The Morgan fingerprint density at radius 1 is 1.20 bits per heavy atom. The van der Waals surface area contributed by atoms with Crippen LogP contribution in [0.2, 0.25) is 0 Å². The molecule has 0 spiro atoms. The Kier molecular flexibility index (Phi) is 3.77. The Morgan fingerprint density at radius 2 is 2.00 bits per heavy atom. The Balaban J connectivity index is 1.86. The van der Waals surface area contributed by atoms with E-state index < -0.39 is 0 Å². The average Bonchev–Trinajstić information content (AvgIpc) is 2.99. The van der Waals surface area contributed by atoms with Crippen molar-refractivity contribution in [3.05, 3.63) is 30.3 Å². The molecule has 0 radical (unpaired) electrons. The fraction of sp³-hybridized carbons (Fsp3) is 0.316. The Bertz CT molecular complexity index is 944. The fourth-order valence-electron chi connectivity index (χ4n) is 3.40. The van der Waals surface area contributed by atoms with Crippen LogP contribution < -0.4 is 10.5 Å². The summed E-state index contributed by atoms with van der Waals surface area (Å²) in [6.07, 6.45) is 0. The number of hydrogen-bond donors (Lipinski definition) is 2. The van der Waals surface area contributed by atoms with Gasteiger partial charge in [0.05, 0.1) is 23.1 Å². The zero-order valence-corrected chi connectivity index (χ0v) is 14.5. The molecule has 1 aliphatic rings. The summed E-state index contributed by atoms with van der Waals surface area (Å²) in [5.74, 6) is 1.51. The minimum absolute atomic E-state index is 0.195. The molecule has 25 heavy (non-hydrogen) atoms. The minimum atomic E-state index is 0.195. The van der Waals surface area contributed by atoms with Crippen molar-refractivity contribution in [3.8, 4) is 28.5 Å². The van der Waals surface area contributed by atoms with Crippen LogP contribution in [0, 0.1) is 0 Å². The van der Waals surface area contributed by atoms with E-state index in [0.717, 1.165) is 48.3 Å². The number of likely N-dealkylation sites (N-methyl/N-ethyl adjacent to an activating group) is 1. The van der Waals surface area contributed by atoms with E-state index in [-0.39, 0.29) is 5.75 Å². The maximum atomic E-state index is 9.87. The predicted octanol–water partition coefficient (Wildman–Crippen LogP) is 3.44. The molecule has 1 aliphatic heterocycles. The lowest BCUT2D eigenvalue weighted by Crippen LogP contribution is -2.27. The smallest absolute Gasteiger partial charge is 0.161 e. The minimum Gasteiger partial charge on any atom is -0.508 e. The van der Waals surface area contributed by atoms with Crippen molar-refractivity contribution in [1.82, 2.24) is 14.7 Å². The molecule has 130 valence electrons. The van der Waals surface area contributed by atoms with Gasteiger partial charge < -0.3 is 20.5 Å². The summed E-state index contributed by atoms with van der Waals surface area (Å²) in [4.78, 5) is 2.36. The van der Waals surface area contributed by atoms with Crippen molar-refractivity contribution in [2.45, 2.75) is 20.4 Å². The summed E-state index contributed by atoms with van der Waals surface area (Å²) < 4.78 is 8.03. The molecule has 6 nitrogen and oxygen atoms in total. The number of nitrogen functional groups attached to an aromatic ring is 1. The van der Waals surface area contributed by atoms with Crippen molar-refractivity contribution < 1.29 is 9.84 Å². The SMILES string of the molecule is CCN(CC)CCn1nc2c3c(c(N)ccc31)Oc1ccc(O)cc1-2. The molecule has 0 bridgehead atoms. The number of nitrogens with two attached hydrogens (primary N) is 1. The van der Waals surface area contributed by atoms with Crippen molar-refractivity contribution >= 4 is 16.6 Å². The van der Waals surface area contributed by atoms with Crippen LogP contribution in [0.5, 0.6) is 17.2 Å². The Morgan fingerprint density at radius 3 is 2.76 bits per heavy atom. The highest BCUT2D eigenvalue weighted by molar-refractivity contribution is 6.04. The van der Waals surface area contributed by atoms with Gasteiger partial charge in [-0.15, -0.1) is 0 Å². The van der Waals surface area contributed by atoms with Gasteiger partial charge in [0.15, 0.2) is 5.75 Å². The second kappa shape index (κ2) is 5.97. The van der Waals surface area contributed by atoms with E-state index in [1.807, 2.05) is 16.8 Å². The maximum absolute atomic E-state index is 9.87. The zero-order chi connectivity index (χ0) is 17.6. The van der Waals surface area contributed by atoms with Crippen molar-refractivity contribution in [2.75, 3.05) is 25.4 Å². The molecule has 6 heteroatoms. The molecule has 1 aromatic heterocycles. The fourth-order valence-corrected chi connectivity index (χ4v) is 3.40. The number of benzene rings is 2. The maximum Gasteiger partial charge on any atom is 0.161 e. The summed E-state index contributed by atoms with van der Waals surface area (Å²) >= 11 is 0. The van der Waals surface area contributed by atoms with E-state index in [1.54, 1.807) is 18.2 Å². The van der Waals surface area contributed by atoms with Gasteiger partial charge in [-0.3, -0.25) is 4.68 Å². The summed E-state index contributed by atoms with van der Waals surface area (Å²) in [6, 6.07) is 8.91. The van der Waals surface area contributed by atoms with Crippen molar-refractivity contribution in [2.24, 2.45) is 0 Å². The summed E-state index contributed by atoms with van der Waals surface area (Å²) in [6.45, 7) is 8.07. The third-order valence-electron chi connectivity index (χ3n) is 4.85. The van der Waals surface area contributed by atoms with Gasteiger partial charge in [0, 0.05) is 12.1 Å². The van der Waals surface area contributed by atoms with Gasteiger partial charge >= 0.3 is 0 Å². The zero-order valence-electron chi connectivity index (χ0n) is 14.5. The van der Waals surface area contributed by atoms with Crippen LogP contribution in [-0.2, 0) is 6.54 Å². The number of phenols is 1. The largest absolute Gasteiger partial charge is 0.508 e. The highest BCUT2D eigenvalue weighted by atomic mass is 16.5. The van der Waals surface area contributed by atoms with Gasteiger partial charge in [0.1, 0.15) is 17.2 Å². The van der Waals surface area contributed by atoms with Crippen LogP contribution in [0.3, 0.4) is 0 Å². The van der Waals surface area contributed by atoms with Gasteiger partial charge in [0.25, 0.3) is 0 Å². The van der Waals surface area contributed by atoms with Crippen molar-refractivity contribution in [3.63, 3.8) is 0 Å². The number of nitrogens with zero attached hydrogens (tertiary/aromatic N) is 3. The van der Waals surface area contributed by atoms with Crippen LogP contribution in [0.4, 0.5) is 5.69 Å². The molecular weight excluding hydrogens is 316 g/mol. The Labute approximate surface area is 146 Å². The molecule has 0 fully saturated rings. The van der Waals surface area contributed by atoms with Gasteiger partial charge in [-0.25, -0.2) is 0 Å². The molecule has 0 amide bonds. The number of hydrogen-bond acceptors (Lipinski definition) is 5. The molecular formula is C19H22N4O2. The molecule has 4 rings (SSSR count). The highest BCUT2D eigenvalue weighted by Gasteiger charge is 2.26. The highest BCUT2D eigenvalue weighted by Crippen LogP contribution is 2.49. The number of anilines is 1. The van der Waals surface area contributed by atoms with Crippen LogP contribution in [0.15, 0.2) is 30.3 Å². The molecule has 0 aliphatic carbocycles. The van der Waals surface area contributed by atoms with E-state index >= 15 is 0 Å². The van der Waals surface area contributed by atoms with Crippen LogP contribution in [-0.4, -0.2) is 39.4 Å². The molecule has 0 saturated heterocycles.